The Balaban J connectivity index is 1.92. The molecule has 0 unspecified atom stereocenters. The number of benzene rings is 1. The molecule has 0 aliphatic carbocycles. The number of nitrogens with zero attached hydrogens (tertiary/aromatic N) is 4. The summed E-state index contributed by atoms with van der Waals surface area (Å²) in [6, 6.07) is 8.88. The summed E-state index contributed by atoms with van der Waals surface area (Å²) in [6.07, 6.45) is 1.87. The van der Waals surface area contributed by atoms with E-state index in [1.54, 1.807) is 18.5 Å². The number of rotatable bonds is 4. The van der Waals surface area contributed by atoms with E-state index in [1.165, 1.54) is 6.21 Å². The number of hydrazone groups is 1. The smallest absolute Gasteiger partial charge is 0.322 e. The largest absolute Gasteiger partial charge is 0.346 e. The first-order valence-electron chi connectivity index (χ1n) is 7.88. The molecule has 1 saturated heterocycles. The normalized spacial score (nSPS) is 20.6. The van der Waals surface area contributed by atoms with E-state index in [-0.39, 0.29) is 5.91 Å². The van der Waals surface area contributed by atoms with E-state index < -0.39 is 11.6 Å². The van der Waals surface area contributed by atoms with Crippen LogP contribution in [0.2, 0.25) is 5.15 Å². The quantitative estimate of drug-likeness (QED) is 0.673. The van der Waals surface area contributed by atoms with Crippen LogP contribution in [0.25, 0.3) is 5.69 Å². The highest BCUT2D eigenvalue weighted by molar-refractivity contribution is 6.32. The van der Waals surface area contributed by atoms with Gasteiger partial charge >= 0.3 is 6.03 Å². The summed E-state index contributed by atoms with van der Waals surface area (Å²) in [7, 11) is 0. The number of amides is 3. The standard InChI is InChI=1S/C17H18ClN5O2/c1-4-17(3)15(24)23(16(25)20-17)19-10-13-11(2)21-22(14(13)18)12-8-6-5-7-9-12/h5-10H,4H2,1-3H3,(H,20,25)/t17-/m0/s1. The predicted octanol–water partition coefficient (Wildman–Crippen LogP) is 2.89. The molecule has 1 fully saturated rings. The first-order chi connectivity index (χ1) is 11.9. The SMILES string of the molecule is CC[C@]1(C)NC(=O)N(N=Cc2c(C)nn(-c3ccccc3)c2Cl)C1=O. The van der Waals surface area contributed by atoms with Gasteiger partial charge in [0.15, 0.2) is 0 Å². The monoisotopic (exact) mass is 359 g/mol. The highest BCUT2D eigenvalue weighted by Gasteiger charge is 2.46. The van der Waals surface area contributed by atoms with Crippen LogP contribution in [0, 0.1) is 6.92 Å². The zero-order chi connectivity index (χ0) is 18.2. The maximum Gasteiger partial charge on any atom is 0.346 e. The first kappa shape index (κ1) is 17.2. The number of aromatic nitrogens is 2. The molecule has 7 nitrogen and oxygen atoms in total. The Morgan fingerprint density at radius 2 is 2.00 bits per heavy atom. The van der Waals surface area contributed by atoms with Crippen molar-refractivity contribution >= 4 is 29.8 Å². The molecule has 1 aliphatic rings. The van der Waals surface area contributed by atoms with E-state index in [0.29, 0.717) is 22.8 Å². The molecule has 25 heavy (non-hydrogen) atoms. The van der Waals surface area contributed by atoms with Gasteiger partial charge in [-0.15, -0.1) is 5.01 Å². The van der Waals surface area contributed by atoms with Gasteiger partial charge in [0.25, 0.3) is 5.91 Å². The summed E-state index contributed by atoms with van der Waals surface area (Å²) < 4.78 is 1.58. The summed E-state index contributed by atoms with van der Waals surface area (Å²) in [5.74, 6) is -0.388. The number of hydrogen-bond acceptors (Lipinski definition) is 4. The molecule has 8 heteroatoms. The number of aryl methyl sites for hydroxylation is 1. The highest BCUT2D eigenvalue weighted by atomic mass is 35.5. The zero-order valence-electron chi connectivity index (χ0n) is 14.2. The second kappa shape index (κ2) is 6.33. The number of carbonyl (C=O) groups is 2. The van der Waals surface area contributed by atoms with Crippen molar-refractivity contribution in [2.45, 2.75) is 32.7 Å². The molecule has 1 N–H and O–H groups in total. The molecular formula is C17H18ClN5O2. The predicted molar refractivity (Wildman–Crippen MR) is 95.0 cm³/mol. The van der Waals surface area contributed by atoms with Crippen molar-refractivity contribution in [2.75, 3.05) is 0 Å². The second-order valence-electron chi connectivity index (χ2n) is 6.01. The van der Waals surface area contributed by atoms with E-state index in [4.69, 9.17) is 11.6 Å². The first-order valence-corrected chi connectivity index (χ1v) is 8.26. The van der Waals surface area contributed by atoms with Crippen molar-refractivity contribution in [3.63, 3.8) is 0 Å². The lowest BCUT2D eigenvalue weighted by Crippen LogP contribution is -2.42. The average molecular weight is 360 g/mol. The highest BCUT2D eigenvalue weighted by Crippen LogP contribution is 2.24. The van der Waals surface area contributed by atoms with Crippen LogP contribution < -0.4 is 5.32 Å². The Morgan fingerprint density at radius 3 is 2.60 bits per heavy atom. The number of imide groups is 1. The van der Waals surface area contributed by atoms with Crippen LogP contribution in [-0.2, 0) is 4.79 Å². The van der Waals surface area contributed by atoms with Gasteiger partial charge in [0.05, 0.1) is 23.2 Å². The Bertz CT molecular complexity index is 861. The molecule has 0 radical (unpaired) electrons. The fourth-order valence-electron chi connectivity index (χ4n) is 2.53. The minimum Gasteiger partial charge on any atom is -0.322 e. The molecule has 2 aromatic rings. The average Bonchev–Trinajstić information content (AvgIpc) is 3.01. The fourth-order valence-corrected chi connectivity index (χ4v) is 2.85. The van der Waals surface area contributed by atoms with Gasteiger partial charge in [0, 0.05) is 0 Å². The van der Waals surface area contributed by atoms with Crippen LogP contribution in [0.5, 0.6) is 0 Å². The molecule has 0 bridgehead atoms. The Hall–Kier alpha value is -2.67. The number of hydrogen-bond donors (Lipinski definition) is 1. The van der Waals surface area contributed by atoms with Gasteiger partial charge in [-0.3, -0.25) is 4.79 Å². The molecule has 3 amide bonds. The summed E-state index contributed by atoms with van der Waals surface area (Å²) >= 11 is 6.41. The topological polar surface area (TPSA) is 79.6 Å². The molecule has 130 valence electrons. The molecule has 1 aliphatic heterocycles. The molecule has 2 heterocycles. The number of nitrogens with one attached hydrogen (secondary N) is 1. The van der Waals surface area contributed by atoms with Crippen LogP contribution >= 0.6 is 11.6 Å². The summed E-state index contributed by atoms with van der Waals surface area (Å²) in [6.45, 7) is 5.29. The van der Waals surface area contributed by atoms with Gasteiger partial charge in [0.1, 0.15) is 10.7 Å². The molecule has 1 atom stereocenters. The third-order valence-corrected chi connectivity index (χ3v) is 4.66. The van der Waals surface area contributed by atoms with Crippen LogP contribution in [0.3, 0.4) is 0 Å². The van der Waals surface area contributed by atoms with E-state index in [9.17, 15) is 9.59 Å². The molecule has 0 saturated carbocycles. The van der Waals surface area contributed by atoms with E-state index in [1.807, 2.05) is 37.3 Å². The van der Waals surface area contributed by atoms with Gasteiger partial charge in [-0.05, 0) is 32.4 Å². The van der Waals surface area contributed by atoms with Crippen molar-refractivity contribution in [1.29, 1.82) is 0 Å². The molecule has 1 aromatic carbocycles. The van der Waals surface area contributed by atoms with Gasteiger partial charge in [-0.1, -0.05) is 36.7 Å². The van der Waals surface area contributed by atoms with Gasteiger partial charge in [0.2, 0.25) is 0 Å². The van der Waals surface area contributed by atoms with Gasteiger partial charge in [-0.25, -0.2) is 9.48 Å². The van der Waals surface area contributed by atoms with Crippen molar-refractivity contribution in [2.24, 2.45) is 5.10 Å². The molecular weight excluding hydrogens is 342 g/mol. The molecule has 3 rings (SSSR count). The fraction of sp³-hybridized carbons (Fsp3) is 0.294. The number of urea groups is 1. The maximum atomic E-state index is 12.4. The van der Waals surface area contributed by atoms with E-state index >= 15 is 0 Å². The zero-order valence-corrected chi connectivity index (χ0v) is 14.9. The van der Waals surface area contributed by atoms with Crippen LogP contribution in [0.1, 0.15) is 31.5 Å². The summed E-state index contributed by atoms with van der Waals surface area (Å²) in [5, 5.41) is 12.3. The van der Waals surface area contributed by atoms with Crippen molar-refractivity contribution in [1.82, 2.24) is 20.1 Å². The Kier molecular flexibility index (Phi) is 4.34. The van der Waals surface area contributed by atoms with E-state index in [2.05, 4.69) is 15.5 Å². The summed E-state index contributed by atoms with van der Waals surface area (Å²) in [4.78, 5) is 24.4. The molecule has 0 spiro atoms. The minimum absolute atomic E-state index is 0.359. The van der Waals surface area contributed by atoms with Crippen LogP contribution in [-0.4, -0.2) is 38.5 Å². The lowest BCUT2D eigenvalue weighted by Gasteiger charge is -2.17. The van der Waals surface area contributed by atoms with E-state index in [0.717, 1.165) is 10.7 Å². The van der Waals surface area contributed by atoms with Crippen molar-refractivity contribution in [3.8, 4) is 5.69 Å². The number of para-hydroxylation sites is 1. The van der Waals surface area contributed by atoms with Crippen LogP contribution in [0.4, 0.5) is 4.79 Å². The minimum atomic E-state index is -0.929. The van der Waals surface area contributed by atoms with Crippen LogP contribution in [0.15, 0.2) is 35.4 Å². The lowest BCUT2D eigenvalue weighted by molar-refractivity contribution is -0.130. The number of carbonyl (C=O) groups excluding carboxylic acids is 2. The van der Waals surface area contributed by atoms with Gasteiger partial charge in [-0.2, -0.15) is 10.2 Å². The number of halogens is 1. The Morgan fingerprint density at radius 1 is 1.32 bits per heavy atom. The van der Waals surface area contributed by atoms with Gasteiger partial charge < -0.3 is 5.32 Å². The summed E-state index contributed by atoms with van der Waals surface area (Å²) in [5.41, 5.74) is 1.07. The lowest BCUT2D eigenvalue weighted by atomic mass is 10.00. The maximum absolute atomic E-state index is 12.4. The third kappa shape index (κ3) is 2.91. The second-order valence-corrected chi connectivity index (χ2v) is 6.37. The Labute approximate surface area is 150 Å². The van der Waals surface area contributed by atoms with Crippen molar-refractivity contribution < 1.29 is 9.59 Å². The molecule has 1 aromatic heterocycles. The van der Waals surface area contributed by atoms with Crippen molar-refractivity contribution in [3.05, 3.63) is 46.7 Å². The third-order valence-electron chi connectivity index (χ3n) is 4.30.